The summed E-state index contributed by atoms with van der Waals surface area (Å²) in [6.07, 6.45) is 3.00. The Morgan fingerprint density at radius 2 is 1.97 bits per heavy atom. The van der Waals surface area contributed by atoms with Crippen molar-refractivity contribution >= 4 is 11.6 Å². The monoisotopic (exact) mass is 398 g/mol. The second kappa shape index (κ2) is 9.45. The van der Waals surface area contributed by atoms with Crippen molar-refractivity contribution in [3.63, 3.8) is 0 Å². The summed E-state index contributed by atoms with van der Waals surface area (Å²) in [7, 11) is 0. The number of nitro groups is 1. The standard InChI is InChI=1S/C20H19FN4O4/c21-15-6-8-18(9-7-15)29-13-2-1-11-22-20(26)19-10-12-24(23-19)16-4-3-5-17(14-16)25(27)28/h3-10,12,14H,1-2,11,13H2,(H,22,26). The highest BCUT2D eigenvalue weighted by Gasteiger charge is 2.11. The highest BCUT2D eigenvalue weighted by Crippen LogP contribution is 2.16. The Labute approximate surface area is 166 Å². The lowest BCUT2D eigenvalue weighted by Crippen LogP contribution is -2.25. The molecule has 0 atom stereocenters. The summed E-state index contributed by atoms with van der Waals surface area (Å²) < 4.78 is 19.7. The molecule has 0 unspecified atom stereocenters. The molecule has 0 aliphatic rings. The van der Waals surface area contributed by atoms with Crippen molar-refractivity contribution in [2.75, 3.05) is 13.2 Å². The number of aromatic nitrogens is 2. The molecular weight excluding hydrogens is 379 g/mol. The van der Waals surface area contributed by atoms with Gasteiger partial charge in [0.25, 0.3) is 11.6 Å². The van der Waals surface area contributed by atoms with E-state index in [2.05, 4.69) is 10.4 Å². The van der Waals surface area contributed by atoms with E-state index in [1.165, 1.54) is 28.9 Å². The molecule has 9 heteroatoms. The van der Waals surface area contributed by atoms with E-state index in [0.717, 1.165) is 6.42 Å². The number of carbonyl (C=O) groups is 1. The third kappa shape index (κ3) is 5.61. The molecule has 0 fully saturated rings. The average Bonchev–Trinajstić information content (AvgIpc) is 3.22. The van der Waals surface area contributed by atoms with Gasteiger partial charge in [0, 0.05) is 24.9 Å². The zero-order chi connectivity index (χ0) is 20.6. The average molecular weight is 398 g/mol. The number of benzene rings is 2. The summed E-state index contributed by atoms with van der Waals surface area (Å²) in [5, 5.41) is 17.8. The van der Waals surface area contributed by atoms with Gasteiger partial charge in [0.05, 0.1) is 17.2 Å². The van der Waals surface area contributed by atoms with Crippen molar-refractivity contribution in [2.45, 2.75) is 12.8 Å². The third-order valence-corrected chi connectivity index (χ3v) is 4.07. The number of nitrogens with zero attached hydrogens (tertiary/aromatic N) is 3. The first-order valence-corrected chi connectivity index (χ1v) is 9.00. The normalized spacial score (nSPS) is 10.5. The Bertz CT molecular complexity index is 988. The number of hydrogen-bond donors (Lipinski definition) is 1. The molecule has 0 aliphatic carbocycles. The van der Waals surface area contributed by atoms with Gasteiger partial charge in [-0.2, -0.15) is 5.10 Å². The largest absolute Gasteiger partial charge is 0.494 e. The number of hydrogen-bond acceptors (Lipinski definition) is 5. The van der Waals surface area contributed by atoms with Gasteiger partial charge in [-0.1, -0.05) is 6.07 Å². The number of carbonyl (C=O) groups excluding carboxylic acids is 1. The van der Waals surface area contributed by atoms with Crippen molar-refractivity contribution in [2.24, 2.45) is 0 Å². The number of ether oxygens (including phenoxy) is 1. The maximum atomic E-state index is 12.8. The summed E-state index contributed by atoms with van der Waals surface area (Å²) in [6, 6.07) is 13.3. The molecule has 0 spiro atoms. The Hall–Kier alpha value is -3.75. The second-order valence-electron chi connectivity index (χ2n) is 6.19. The van der Waals surface area contributed by atoms with Gasteiger partial charge < -0.3 is 10.1 Å². The molecule has 0 saturated carbocycles. The van der Waals surface area contributed by atoms with Crippen LogP contribution in [0.1, 0.15) is 23.3 Å². The third-order valence-electron chi connectivity index (χ3n) is 4.07. The fraction of sp³-hybridized carbons (Fsp3) is 0.200. The lowest BCUT2D eigenvalue weighted by Gasteiger charge is -2.06. The minimum absolute atomic E-state index is 0.0492. The van der Waals surface area contributed by atoms with E-state index in [1.807, 2.05) is 0 Å². The van der Waals surface area contributed by atoms with Crippen LogP contribution < -0.4 is 10.1 Å². The van der Waals surface area contributed by atoms with Gasteiger partial charge in [-0.15, -0.1) is 0 Å². The molecule has 0 aliphatic heterocycles. The Balaban J connectivity index is 1.43. The summed E-state index contributed by atoms with van der Waals surface area (Å²) >= 11 is 0. The molecule has 0 bridgehead atoms. The van der Waals surface area contributed by atoms with Crippen LogP contribution >= 0.6 is 0 Å². The van der Waals surface area contributed by atoms with Gasteiger partial charge in [0.2, 0.25) is 0 Å². The molecule has 2 aromatic carbocycles. The van der Waals surface area contributed by atoms with Gasteiger partial charge in [-0.05, 0) is 49.2 Å². The van der Waals surface area contributed by atoms with Crippen LogP contribution in [0.15, 0.2) is 60.8 Å². The van der Waals surface area contributed by atoms with Crippen LogP contribution in [0.5, 0.6) is 5.75 Å². The van der Waals surface area contributed by atoms with E-state index in [0.29, 0.717) is 31.0 Å². The fourth-order valence-corrected chi connectivity index (χ4v) is 2.58. The molecule has 3 aromatic rings. The first-order chi connectivity index (χ1) is 14.0. The molecule has 1 heterocycles. The minimum atomic E-state index is -0.486. The zero-order valence-electron chi connectivity index (χ0n) is 15.5. The molecule has 0 radical (unpaired) electrons. The van der Waals surface area contributed by atoms with E-state index < -0.39 is 4.92 Å². The zero-order valence-corrected chi connectivity index (χ0v) is 15.5. The molecule has 1 aromatic heterocycles. The Morgan fingerprint density at radius 1 is 1.17 bits per heavy atom. The first-order valence-electron chi connectivity index (χ1n) is 9.00. The number of unbranched alkanes of at least 4 members (excludes halogenated alkanes) is 1. The van der Waals surface area contributed by atoms with Crippen molar-refractivity contribution in [3.8, 4) is 11.4 Å². The molecular formula is C20H19FN4O4. The van der Waals surface area contributed by atoms with Gasteiger partial charge in [-0.3, -0.25) is 14.9 Å². The summed E-state index contributed by atoms with van der Waals surface area (Å²) in [5.41, 5.74) is 0.669. The van der Waals surface area contributed by atoms with Crippen molar-refractivity contribution in [3.05, 3.63) is 82.4 Å². The molecule has 8 nitrogen and oxygen atoms in total. The van der Waals surface area contributed by atoms with Gasteiger partial charge in [0.15, 0.2) is 5.69 Å². The van der Waals surface area contributed by atoms with Gasteiger partial charge in [-0.25, -0.2) is 9.07 Å². The SMILES string of the molecule is O=C(NCCCCOc1ccc(F)cc1)c1ccn(-c2cccc([N+](=O)[O-])c2)n1. The van der Waals surface area contributed by atoms with Crippen LogP contribution in [-0.2, 0) is 0 Å². The van der Waals surface area contributed by atoms with Crippen molar-refractivity contribution in [1.29, 1.82) is 0 Å². The first kappa shape index (κ1) is 20.0. The highest BCUT2D eigenvalue weighted by molar-refractivity contribution is 5.92. The molecule has 1 amide bonds. The van der Waals surface area contributed by atoms with E-state index >= 15 is 0 Å². The maximum Gasteiger partial charge on any atom is 0.271 e. The molecule has 3 rings (SSSR count). The van der Waals surface area contributed by atoms with E-state index in [9.17, 15) is 19.3 Å². The number of nitrogens with one attached hydrogen (secondary N) is 1. The summed E-state index contributed by atoms with van der Waals surface area (Å²) in [4.78, 5) is 22.6. The van der Waals surface area contributed by atoms with Crippen molar-refractivity contribution < 1.29 is 18.8 Å². The number of nitro benzene ring substituents is 1. The smallest absolute Gasteiger partial charge is 0.271 e. The van der Waals surface area contributed by atoms with Crippen LogP contribution in [0.3, 0.4) is 0 Å². The van der Waals surface area contributed by atoms with E-state index in [4.69, 9.17) is 4.74 Å². The predicted octanol–water partition coefficient (Wildman–Crippen LogP) is 3.51. The predicted molar refractivity (Wildman–Crippen MR) is 104 cm³/mol. The highest BCUT2D eigenvalue weighted by atomic mass is 19.1. The van der Waals surface area contributed by atoms with E-state index in [-0.39, 0.29) is 23.1 Å². The lowest BCUT2D eigenvalue weighted by molar-refractivity contribution is -0.384. The van der Waals surface area contributed by atoms with Crippen LogP contribution in [0.2, 0.25) is 0 Å². The fourth-order valence-electron chi connectivity index (χ4n) is 2.58. The maximum absolute atomic E-state index is 12.8. The van der Waals surface area contributed by atoms with Crippen LogP contribution in [0.4, 0.5) is 10.1 Å². The number of non-ortho nitro benzene ring substituents is 1. The summed E-state index contributed by atoms with van der Waals surface area (Å²) in [5.74, 6) is -0.0382. The van der Waals surface area contributed by atoms with Crippen LogP contribution in [0.25, 0.3) is 5.69 Å². The molecule has 1 N–H and O–H groups in total. The number of rotatable bonds is 9. The lowest BCUT2D eigenvalue weighted by atomic mass is 10.3. The molecule has 0 saturated heterocycles. The topological polar surface area (TPSA) is 99.3 Å². The van der Waals surface area contributed by atoms with Gasteiger partial charge >= 0.3 is 0 Å². The van der Waals surface area contributed by atoms with Gasteiger partial charge in [0.1, 0.15) is 11.6 Å². The second-order valence-corrected chi connectivity index (χ2v) is 6.19. The van der Waals surface area contributed by atoms with Crippen LogP contribution in [0, 0.1) is 15.9 Å². The minimum Gasteiger partial charge on any atom is -0.494 e. The molecule has 150 valence electrons. The number of halogens is 1. The summed E-state index contributed by atoms with van der Waals surface area (Å²) in [6.45, 7) is 0.915. The molecule has 29 heavy (non-hydrogen) atoms. The van der Waals surface area contributed by atoms with E-state index in [1.54, 1.807) is 36.5 Å². The van der Waals surface area contributed by atoms with Crippen molar-refractivity contribution in [1.82, 2.24) is 15.1 Å². The number of amides is 1. The quantitative estimate of drug-likeness (QED) is 0.338. The van der Waals surface area contributed by atoms with Crippen LogP contribution in [-0.4, -0.2) is 33.8 Å². The Kier molecular flexibility index (Phi) is 6.51. The Morgan fingerprint density at radius 3 is 2.72 bits per heavy atom.